The maximum atomic E-state index is 13.7. The lowest BCUT2D eigenvalue weighted by atomic mass is 10.1. The molecule has 0 aliphatic carbocycles. The van der Waals surface area contributed by atoms with Crippen LogP contribution in [0.4, 0.5) is 17.1 Å². The molecule has 3 aromatic carbocycles. The van der Waals surface area contributed by atoms with Gasteiger partial charge in [0.1, 0.15) is 10.6 Å². The van der Waals surface area contributed by atoms with Crippen molar-refractivity contribution < 1.29 is 21.6 Å². The van der Waals surface area contributed by atoms with Gasteiger partial charge in [0.25, 0.3) is 0 Å². The Hall–Kier alpha value is -3.28. The second-order valence-electron chi connectivity index (χ2n) is 9.11. The van der Waals surface area contributed by atoms with Crippen LogP contribution in [0, 0.1) is 0 Å². The Kier molecular flexibility index (Phi) is 8.49. The maximum absolute atomic E-state index is 13.7. The lowest BCUT2D eigenvalue weighted by Gasteiger charge is -2.38. The number of ether oxygens (including phenoxy) is 1. The van der Waals surface area contributed by atoms with E-state index in [0.717, 1.165) is 17.0 Å². The van der Waals surface area contributed by atoms with Gasteiger partial charge in [0.2, 0.25) is 20.0 Å². The Bertz CT molecular complexity index is 1440. The van der Waals surface area contributed by atoms with Crippen molar-refractivity contribution in [1.82, 2.24) is 4.72 Å². The summed E-state index contributed by atoms with van der Waals surface area (Å²) in [5, 5.41) is 0. The first-order valence-electron chi connectivity index (χ1n) is 12.5. The first-order chi connectivity index (χ1) is 18.1. The van der Waals surface area contributed by atoms with Crippen LogP contribution in [0.15, 0.2) is 77.7 Å². The second-order valence-corrected chi connectivity index (χ2v) is 12.8. The van der Waals surface area contributed by atoms with E-state index < -0.39 is 26.1 Å². The molecule has 204 valence electrons. The third-order valence-corrected chi connectivity index (χ3v) is 9.47. The summed E-state index contributed by atoms with van der Waals surface area (Å²) in [6.45, 7) is 5.91. The molecule has 3 aromatic rings. The highest BCUT2D eigenvalue weighted by Gasteiger charge is 2.27. The summed E-state index contributed by atoms with van der Waals surface area (Å²) < 4.78 is 62.2. The number of piperazine rings is 1. The lowest BCUT2D eigenvalue weighted by molar-refractivity contribution is 0.415. The normalized spacial score (nSPS) is 15.2. The van der Waals surface area contributed by atoms with Gasteiger partial charge >= 0.3 is 0 Å². The van der Waals surface area contributed by atoms with Crippen LogP contribution in [0.2, 0.25) is 0 Å². The molecule has 0 aromatic heterocycles. The minimum absolute atomic E-state index is 0.0366. The molecule has 1 aliphatic rings. The number of hydrogen-bond donors (Lipinski definition) is 2. The van der Waals surface area contributed by atoms with Gasteiger partial charge in [-0.1, -0.05) is 30.3 Å². The van der Waals surface area contributed by atoms with Crippen molar-refractivity contribution in [3.05, 3.63) is 78.4 Å². The van der Waals surface area contributed by atoms with Crippen LogP contribution in [0.25, 0.3) is 0 Å². The van der Waals surface area contributed by atoms with Crippen LogP contribution in [-0.2, 0) is 20.0 Å². The van der Waals surface area contributed by atoms with Gasteiger partial charge in [-0.3, -0.25) is 4.72 Å². The van der Waals surface area contributed by atoms with E-state index in [1.807, 2.05) is 59.5 Å². The summed E-state index contributed by atoms with van der Waals surface area (Å²) in [7, 11) is -5.94. The second kappa shape index (κ2) is 11.6. The summed E-state index contributed by atoms with van der Waals surface area (Å²) in [5.74, 6) is 0.672. The van der Waals surface area contributed by atoms with E-state index in [9.17, 15) is 16.8 Å². The molecule has 0 saturated carbocycles. The Balaban J connectivity index is 1.61. The zero-order valence-electron chi connectivity index (χ0n) is 21.8. The van der Waals surface area contributed by atoms with Crippen molar-refractivity contribution in [2.45, 2.75) is 24.8 Å². The predicted molar refractivity (Wildman–Crippen MR) is 152 cm³/mol. The number of nitrogens with zero attached hydrogens (tertiary/aromatic N) is 2. The summed E-state index contributed by atoms with van der Waals surface area (Å²) in [6, 6.07) is 21.4. The van der Waals surface area contributed by atoms with Crippen molar-refractivity contribution in [2.24, 2.45) is 0 Å². The van der Waals surface area contributed by atoms with Crippen LogP contribution in [0.3, 0.4) is 0 Å². The van der Waals surface area contributed by atoms with Gasteiger partial charge in [0, 0.05) is 43.6 Å². The van der Waals surface area contributed by atoms with E-state index in [1.54, 1.807) is 26.2 Å². The Labute approximate surface area is 225 Å². The summed E-state index contributed by atoms with van der Waals surface area (Å²) in [4.78, 5) is 4.30. The maximum Gasteiger partial charge on any atom is 0.243 e. The highest BCUT2D eigenvalue weighted by molar-refractivity contribution is 7.92. The number of hydrogen-bond acceptors (Lipinski definition) is 7. The van der Waals surface area contributed by atoms with Gasteiger partial charge in [-0.2, -0.15) is 0 Å². The van der Waals surface area contributed by atoms with E-state index in [0.29, 0.717) is 31.9 Å². The molecule has 1 atom stereocenters. The first kappa shape index (κ1) is 27.7. The number of nitrogens with one attached hydrogen (secondary N) is 2. The number of benzene rings is 3. The van der Waals surface area contributed by atoms with Crippen molar-refractivity contribution in [2.75, 3.05) is 53.6 Å². The van der Waals surface area contributed by atoms with E-state index in [1.165, 1.54) is 13.0 Å². The molecule has 2 N–H and O–H groups in total. The van der Waals surface area contributed by atoms with Gasteiger partial charge in [0.05, 0.1) is 18.6 Å². The fourth-order valence-electron chi connectivity index (χ4n) is 4.41. The third kappa shape index (κ3) is 6.58. The highest BCUT2D eigenvalue weighted by atomic mass is 32.2. The Morgan fingerprint density at radius 3 is 2.11 bits per heavy atom. The molecule has 0 unspecified atom stereocenters. The van der Waals surface area contributed by atoms with Crippen molar-refractivity contribution >= 4 is 37.1 Å². The first-order valence-corrected chi connectivity index (χ1v) is 15.6. The van der Waals surface area contributed by atoms with E-state index in [2.05, 4.69) is 14.3 Å². The van der Waals surface area contributed by atoms with Crippen molar-refractivity contribution in [3.63, 3.8) is 0 Å². The molecule has 4 rings (SSSR count). The van der Waals surface area contributed by atoms with Crippen LogP contribution < -0.4 is 24.0 Å². The van der Waals surface area contributed by atoms with Crippen molar-refractivity contribution in [3.8, 4) is 5.75 Å². The molecule has 1 fully saturated rings. The van der Waals surface area contributed by atoms with Crippen LogP contribution in [0.1, 0.15) is 25.5 Å². The fourth-order valence-corrected chi connectivity index (χ4v) is 6.52. The van der Waals surface area contributed by atoms with E-state index in [4.69, 9.17) is 4.74 Å². The highest BCUT2D eigenvalue weighted by Crippen LogP contribution is 2.32. The van der Waals surface area contributed by atoms with Gasteiger partial charge in [0.15, 0.2) is 0 Å². The number of methoxy groups -OCH3 is 1. The molecule has 0 amide bonds. The molecular weight excluding hydrogens is 524 g/mol. The molecule has 1 heterocycles. The minimum Gasteiger partial charge on any atom is -0.497 e. The minimum atomic E-state index is -4.00. The molecule has 9 nitrogen and oxygen atoms in total. The molecule has 1 saturated heterocycles. The molecule has 0 bridgehead atoms. The topological polar surface area (TPSA) is 108 Å². The smallest absolute Gasteiger partial charge is 0.243 e. The predicted octanol–water partition coefficient (Wildman–Crippen LogP) is 3.82. The van der Waals surface area contributed by atoms with Gasteiger partial charge in [-0.25, -0.2) is 21.6 Å². The molecule has 1 aliphatic heterocycles. The van der Waals surface area contributed by atoms with Gasteiger partial charge in [-0.15, -0.1) is 0 Å². The number of sulfonamides is 2. The average molecular weight is 559 g/mol. The van der Waals surface area contributed by atoms with Gasteiger partial charge < -0.3 is 14.5 Å². The average Bonchev–Trinajstić information content (AvgIpc) is 2.93. The zero-order chi connectivity index (χ0) is 27.3. The lowest BCUT2D eigenvalue weighted by Crippen LogP contribution is -2.47. The summed E-state index contributed by atoms with van der Waals surface area (Å²) >= 11 is 0. The largest absolute Gasteiger partial charge is 0.497 e. The van der Waals surface area contributed by atoms with Crippen LogP contribution in [-0.4, -0.2) is 55.9 Å². The van der Waals surface area contributed by atoms with Crippen LogP contribution in [0.5, 0.6) is 5.75 Å². The van der Waals surface area contributed by atoms with Crippen molar-refractivity contribution in [1.29, 1.82) is 0 Å². The summed E-state index contributed by atoms with van der Waals surface area (Å²) in [5.41, 5.74) is 2.64. The quantitative estimate of drug-likeness (QED) is 0.390. The molecular formula is C27H34N4O5S2. The van der Waals surface area contributed by atoms with Crippen LogP contribution >= 0.6 is 0 Å². The third-order valence-electron chi connectivity index (χ3n) is 6.59. The molecule has 0 spiro atoms. The van der Waals surface area contributed by atoms with Gasteiger partial charge in [-0.05, 0) is 61.9 Å². The van der Waals surface area contributed by atoms with E-state index >= 15 is 0 Å². The Morgan fingerprint density at radius 2 is 1.50 bits per heavy atom. The molecule has 38 heavy (non-hydrogen) atoms. The van der Waals surface area contributed by atoms with E-state index in [-0.39, 0.29) is 16.3 Å². The zero-order valence-corrected chi connectivity index (χ0v) is 23.4. The number of rotatable bonds is 10. The Morgan fingerprint density at radius 1 is 0.868 bits per heavy atom. The summed E-state index contributed by atoms with van der Waals surface area (Å²) in [6.07, 6.45) is 0. The fraction of sp³-hybridized carbons (Fsp3) is 0.333. The molecule has 0 radical (unpaired) electrons. The molecule has 11 heteroatoms. The standard InChI is InChI=1S/C27H34N4O5S2/c1-4-37(32,33)29-23-10-15-26(27(20-23)38(34,35)28-21(2)22-8-6-5-7-9-22)31-18-16-30(17-19-31)24-11-13-25(36-3)14-12-24/h5-15,20-21,28-29H,4,16-19H2,1-3H3/t21-/m1/s1. The monoisotopic (exact) mass is 558 g/mol. The SMILES string of the molecule is CCS(=O)(=O)Nc1ccc(N2CCN(c3ccc(OC)cc3)CC2)c(S(=O)(=O)N[C@H](C)c2ccccc2)c1. The number of anilines is 3.